The van der Waals surface area contributed by atoms with Crippen LogP contribution in [0.1, 0.15) is 11.4 Å². The van der Waals surface area contributed by atoms with E-state index < -0.39 is 0 Å². The molecule has 1 aliphatic heterocycles. The summed E-state index contributed by atoms with van der Waals surface area (Å²) in [7, 11) is 1.73. The summed E-state index contributed by atoms with van der Waals surface area (Å²) in [4.78, 5) is 17.0. The predicted octanol–water partition coefficient (Wildman–Crippen LogP) is -0.117. The molecule has 5 nitrogen and oxygen atoms in total. The van der Waals surface area contributed by atoms with E-state index in [0.29, 0.717) is 22.0 Å². The van der Waals surface area contributed by atoms with E-state index in [1.807, 2.05) is 42.1 Å². The number of ether oxygens (including phenoxy) is 1. The second-order valence-corrected chi connectivity index (χ2v) is 7.49. The fourth-order valence-corrected chi connectivity index (χ4v) is 3.90. The molecule has 27 heavy (non-hydrogen) atoms. The Balaban J connectivity index is 0.00000210. The van der Waals surface area contributed by atoms with Crippen molar-refractivity contribution in [2.45, 2.75) is 18.3 Å². The summed E-state index contributed by atoms with van der Waals surface area (Å²) in [5.41, 5.74) is 1.93. The SMILES string of the molecule is Cn1c(COc2ccc(CC3[CH-]NCS3)cc2)nc2ccccc2c1=O.[K+]. The van der Waals surface area contributed by atoms with Gasteiger partial charge in [0, 0.05) is 12.9 Å². The van der Waals surface area contributed by atoms with Crippen LogP contribution in [0.5, 0.6) is 5.75 Å². The number of rotatable bonds is 5. The average molecular weight is 406 g/mol. The minimum absolute atomic E-state index is 0. The Morgan fingerprint density at radius 1 is 1.26 bits per heavy atom. The molecule has 0 aliphatic carbocycles. The smallest absolute Gasteiger partial charge is 0.486 e. The number of hydrogen-bond acceptors (Lipinski definition) is 5. The van der Waals surface area contributed by atoms with Crippen LogP contribution in [0.4, 0.5) is 0 Å². The number of benzene rings is 2. The third-order valence-corrected chi connectivity index (χ3v) is 5.55. The molecule has 1 N–H and O–H groups in total. The molecule has 1 unspecified atom stereocenters. The summed E-state index contributed by atoms with van der Waals surface area (Å²) in [6.45, 7) is 2.41. The summed E-state index contributed by atoms with van der Waals surface area (Å²) >= 11 is 1.91. The van der Waals surface area contributed by atoms with Crippen molar-refractivity contribution < 1.29 is 56.1 Å². The van der Waals surface area contributed by atoms with Gasteiger partial charge in [-0.2, -0.15) is 11.8 Å². The summed E-state index contributed by atoms with van der Waals surface area (Å²) in [6.07, 6.45) is 1.01. The topological polar surface area (TPSA) is 56.1 Å². The van der Waals surface area contributed by atoms with Crippen molar-refractivity contribution in [3.63, 3.8) is 0 Å². The van der Waals surface area contributed by atoms with Crippen LogP contribution in [0.15, 0.2) is 53.3 Å². The first-order chi connectivity index (χ1) is 12.7. The van der Waals surface area contributed by atoms with E-state index in [2.05, 4.69) is 29.0 Å². The normalized spacial score (nSPS) is 16.3. The number of hydrogen-bond donors (Lipinski definition) is 1. The molecule has 1 aromatic heterocycles. The fourth-order valence-electron chi connectivity index (χ4n) is 3.00. The van der Waals surface area contributed by atoms with Crippen LogP contribution < -0.4 is 67.0 Å². The predicted molar refractivity (Wildman–Crippen MR) is 105 cm³/mol. The van der Waals surface area contributed by atoms with Gasteiger partial charge in [0.2, 0.25) is 0 Å². The molecule has 3 aromatic rings. The molecule has 0 saturated carbocycles. The van der Waals surface area contributed by atoms with E-state index in [4.69, 9.17) is 4.74 Å². The van der Waals surface area contributed by atoms with Crippen molar-refractivity contribution in [1.29, 1.82) is 0 Å². The molecule has 0 spiro atoms. The third kappa shape index (κ3) is 5.03. The molecular weight excluding hydrogens is 385 g/mol. The van der Waals surface area contributed by atoms with Crippen molar-refractivity contribution in [2.24, 2.45) is 7.05 Å². The molecule has 7 heteroatoms. The maximum absolute atomic E-state index is 12.4. The Hall–Kier alpha value is -0.674. The molecule has 1 fully saturated rings. The Kier molecular flexibility index (Phi) is 7.55. The van der Waals surface area contributed by atoms with E-state index in [1.165, 1.54) is 5.56 Å². The van der Waals surface area contributed by atoms with Crippen molar-refractivity contribution in [3.05, 3.63) is 76.8 Å². The first kappa shape index (κ1) is 21.0. The van der Waals surface area contributed by atoms with E-state index in [0.717, 1.165) is 18.0 Å². The summed E-state index contributed by atoms with van der Waals surface area (Å²) < 4.78 is 7.41. The monoisotopic (exact) mass is 405 g/mol. The van der Waals surface area contributed by atoms with Crippen LogP contribution in [-0.4, -0.2) is 20.7 Å². The molecular formula is C20H20KN3O2S. The molecule has 1 aliphatic rings. The first-order valence-electron chi connectivity index (χ1n) is 8.55. The van der Waals surface area contributed by atoms with Gasteiger partial charge < -0.3 is 10.1 Å². The molecule has 1 saturated heterocycles. The van der Waals surface area contributed by atoms with Gasteiger partial charge in [-0.3, -0.25) is 15.9 Å². The maximum atomic E-state index is 12.4. The van der Waals surface area contributed by atoms with E-state index in [-0.39, 0.29) is 63.6 Å². The largest absolute Gasteiger partial charge is 1.00 e. The van der Waals surface area contributed by atoms with Gasteiger partial charge >= 0.3 is 51.4 Å². The number of thioether (sulfide) groups is 1. The fraction of sp³-hybridized carbons (Fsp3) is 0.250. The second-order valence-electron chi connectivity index (χ2n) is 6.27. The van der Waals surface area contributed by atoms with Crippen LogP contribution in [0.3, 0.4) is 0 Å². The molecule has 2 heterocycles. The first-order valence-corrected chi connectivity index (χ1v) is 9.60. The summed E-state index contributed by atoms with van der Waals surface area (Å²) in [6, 6.07) is 15.5. The van der Waals surface area contributed by atoms with Gasteiger partial charge in [-0.05, 0) is 36.2 Å². The van der Waals surface area contributed by atoms with Crippen LogP contribution in [0.25, 0.3) is 10.9 Å². The van der Waals surface area contributed by atoms with Crippen molar-refractivity contribution >= 4 is 22.7 Å². The Morgan fingerprint density at radius 3 is 2.78 bits per heavy atom. The molecule has 4 rings (SSSR count). The number of aromatic nitrogens is 2. The molecule has 0 radical (unpaired) electrons. The number of nitrogens with one attached hydrogen (secondary N) is 1. The molecule has 134 valence electrons. The van der Waals surface area contributed by atoms with Crippen LogP contribution in [-0.2, 0) is 20.1 Å². The zero-order chi connectivity index (χ0) is 17.9. The maximum Gasteiger partial charge on any atom is 1.00 e. The summed E-state index contributed by atoms with van der Waals surface area (Å²) in [5, 5.41) is 4.39. The van der Waals surface area contributed by atoms with Crippen LogP contribution >= 0.6 is 11.8 Å². The van der Waals surface area contributed by atoms with Gasteiger partial charge in [0.15, 0.2) is 0 Å². The zero-order valence-electron chi connectivity index (χ0n) is 15.5. The third-order valence-electron chi connectivity index (χ3n) is 4.49. The molecule has 0 amide bonds. The minimum Gasteiger partial charge on any atom is -0.486 e. The molecule has 1 atom stereocenters. The van der Waals surface area contributed by atoms with Gasteiger partial charge in [0.25, 0.3) is 5.56 Å². The second kappa shape index (κ2) is 9.69. The van der Waals surface area contributed by atoms with Crippen molar-refractivity contribution in [2.75, 3.05) is 5.88 Å². The van der Waals surface area contributed by atoms with E-state index >= 15 is 0 Å². The Bertz CT molecular complexity index is 969. The van der Waals surface area contributed by atoms with Crippen LogP contribution in [0.2, 0.25) is 0 Å². The quantitative estimate of drug-likeness (QED) is 0.474. The number of fused-ring (bicyclic) bond motifs is 1. The van der Waals surface area contributed by atoms with E-state index in [1.54, 1.807) is 17.7 Å². The van der Waals surface area contributed by atoms with Gasteiger partial charge in [-0.15, -0.1) is 5.25 Å². The van der Waals surface area contributed by atoms with Crippen molar-refractivity contribution in [1.82, 2.24) is 14.9 Å². The standard InChI is InChI=1S/C20H20N3O2S.K/c1-23-19(22-18-5-3-2-4-17(18)20(23)24)12-25-15-8-6-14(7-9-15)10-16-11-21-13-26-16;/h2-9,11,16,21H,10,12-13H2,1H3;/q-1;+1. The van der Waals surface area contributed by atoms with Gasteiger partial charge in [-0.1, -0.05) is 24.3 Å². The zero-order valence-corrected chi connectivity index (χ0v) is 19.5. The average Bonchev–Trinajstić information content (AvgIpc) is 3.18. The molecule has 2 aromatic carbocycles. The van der Waals surface area contributed by atoms with Gasteiger partial charge in [0.1, 0.15) is 18.2 Å². The molecule has 0 bridgehead atoms. The van der Waals surface area contributed by atoms with Gasteiger partial charge in [-0.25, -0.2) is 4.98 Å². The number of para-hydroxylation sites is 1. The van der Waals surface area contributed by atoms with Crippen molar-refractivity contribution in [3.8, 4) is 5.75 Å². The van der Waals surface area contributed by atoms with Gasteiger partial charge in [0.05, 0.1) is 10.9 Å². The summed E-state index contributed by atoms with van der Waals surface area (Å²) in [5.74, 6) is 2.38. The van der Waals surface area contributed by atoms with E-state index in [9.17, 15) is 4.79 Å². The number of nitrogens with zero attached hydrogens (tertiary/aromatic N) is 2. The minimum atomic E-state index is -0.0523. The Morgan fingerprint density at radius 2 is 2.04 bits per heavy atom. The Labute approximate surface area is 205 Å². The van der Waals surface area contributed by atoms with Crippen LogP contribution in [0, 0.1) is 6.54 Å².